The van der Waals surface area contributed by atoms with Crippen LogP contribution in [0, 0.1) is 0 Å². The molecular weight excluding hydrogens is 599 g/mol. The van der Waals surface area contributed by atoms with Crippen molar-refractivity contribution in [1.29, 1.82) is 0 Å². The van der Waals surface area contributed by atoms with Crippen molar-refractivity contribution < 1.29 is 0 Å². The van der Waals surface area contributed by atoms with Crippen LogP contribution in [-0.4, -0.2) is 0 Å². The van der Waals surface area contributed by atoms with Gasteiger partial charge in [-0.2, -0.15) is 0 Å². The van der Waals surface area contributed by atoms with E-state index in [9.17, 15) is 0 Å². The average Bonchev–Trinajstić information content (AvgIpc) is 3.54. The molecule has 48 heavy (non-hydrogen) atoms. The number of rotatable bonds is 6. The van der Waals surface area contributed by atoms with Crippen LogP contribution >= 0.6 is 11.3 Å². The first-order valence-corrected chi connectivity index (χ1v) is 17.2. The molecule has 0 saturated carbocycles. The summed E-state index contributed by atoms with van der Waals surface area (Å²) in [7, 11) is 0. The molecule has 9 rings (SSSR count). The Balaban J connectivity index is 1.13. The van der Waals surface area contributed by atoms with Crippen molar-refractivity contribution in [2.45, 2.75) is 0 Å². The maximum Gasteiger partial charge on any atom is 0.0540 e. The van der Waals surface area contributed by atoms with Gasteiger partial charge in [-0.1, -0.05) is 140 Å². The van der Waals surface area contributed by atoms with Gasteiger partial charge in [0.2, 0.25) is 0 Å². The molecule has 0 saturated heterocycles. The largest absolute Gasteiger partial charge is 0.310 e. The third kappa shape index (κ3) is 5.13. The third-order valence-corrected chi connectivity index (χ3v) is 10.4. The van der Waals surface area contributed by atoms with E-state index in [1.807, 2.05) is 11.3 Å². The summed E-state index contributed by atoms with van der Waals surface area (Å²) in [5, 5.41) is 5.08. The molecule has 0 atom stereocenters. The summed E-state index contributed by atoms with van der Waals surface area (Å²) < 4.78 is 2.65. The Labute approximate surface area is 284 Å². The molecule has 0 radical (unpaired) electrons. The molecule has 0 aliphatic carbocycles. The predicted molar refractivity (Wildman–Crippen MR) is 208 cm³/mol. The van der Waals surface area contributed by atoms with Crippen LogP contribution in [0.5, 0.6) is 0 Å². The van der Waals surface area contributed by atoms with E-state index < -0.39 is 0 Å². The normalized spacial score (nSPS) is 11.3. The molecule has 0 fully saturated rings. The Morgan fingerprint density at radius 1 is 0.312 bits per heavy atom. The molecule has 0 spiro atoms. The first-order chi connectivity index (χ1) is 23.8. The van der Waals surface area contributed by atoms with Gasteiger partial charge < -0.3 is 4.90 Å². The van der Waals surface area contributed by atoms with Crippen LogP contribution in [0.25, 0.3) is 64.3 Å². The number of anilines is 3. The molecule has 1 aromatic heterocycles. The highest BCUT2D eigenvalue weighted by Crippen LogP contribution is 2.42. The summed E-state index contributed by atoms with van der Waals surface area (Å²) in [4.78, 5) is 2.40. The summed E-state index contributed by atoms with van der Waals surface area (Å²) in [6.07, 6.45) is 0. The molecule has 0 amide bonds. The highest BCUT2D eigenvalue weighted by Gasteiger charge is 2.17. The highest BCUT2D eigenvalue weighted by molar-refractivity contribution is 7.25. The Kier molecular flexibility index (Phi) is 7.07. The molecule has 9 aromatic rings. The van der Waals surface area contributed by atoms with Crippen molar-refractivity contribution in [2.24, 2.45) is 0 Å². The first-order valence-electron chi connectivity index (χ1n) is 16.3. The number of nitrogens with zero attached hydrogens (tertiary/aromatic N) is 1. The third-order valence-electron chi connectivity index (χ3n) is 9.27. The van der Waals surface area contributed by atoms with Crippen LogP contribution in [0.3, 0.4) is 0 Å². The van der Waals surface area contributed by atoms with Crippen LogP contribution in [0.15, 0.2) is 188 Å². The van der Waals surface area contributed by atoms with Crippen LogP contribution in [-0.2, 0) is 0 Å². The molecule has 0 N–H and O–H groups in total. The van der Waals surface area contributed by atoms with E-state index in [-0.39, 0.29) is 0 Å². The fraction of sp³-hybridized carbons (Fsp3) is 0. The summed E-state index contributed by atoms with van der Waals surface area (Å²) in [5.41, 5.74) is 10.7. The quantitative estimate of drug-likeness (QED) is 0.177. The van der Waals surface area contributed by atoms with Gasteiger partial charge in [0.05, 0.1) is 5.69 Å². The van der Waals surface area contributed by atoms with E-state index in [2.05, 4.69) is 193 Å². The van der Waals surface area contributed by atoms with Crippen molar-refractivity contribution in [1.82, 2.24) is 0 Å². The zero-order chi connectivity index (χ0) is 31.9. The summed E-state index contributed by atoms with van der Waals surface area (Å²) in [5.74, 6) is 0. The van der Waals surface area contributed by atoms with Crippen LogP contribution in [0.1, 0.15) is 0 Å². The van der Waals surface area contributed by atoms with E-state index in [1.54, 1.807) is 0 Å². The number of benzene rings is 8. The molecule has 8 aromatic carbocycles. The summed E-state index contributed by atoms with van der Waals surface area (Å²) in [6.45, 7) is 0. The Morgan fingerprint density at radius 3 is 1.65 bits per heavy atom. The molecule has 2 heteroatoms. The molecule has 226 valence electrons. The lowest BCUT2D eigenvalue weighted by molar-refractivity contribution is 1.30. The van der Waals surface area contributed by atoms with Gasteiger partial charge >= 0.3 is 0 Å². The predicted octanol–water partition coefficient (Wildman–Crippen LogP) is 13.7. The smallest absolute Gasteiger partial charge is 0.0540 e. The van der Waals surface area contributed by atoms with Crippen LogP contribution < -0.4 is 4.90 Å². The Morgan fingerprint density at radius 2 is 0.854 bits per heavy atom. The zero-order valence-electron chi connectivity index (χ0n) is 26.3. The average molecular weight is 630 g/mol. The standard InChI is InChI=1S/C46H31NS/c1-2-10-32(11-3-1)33-20-22-34(23-21-33)35-24-27-39(28-25-35)47(44-18-9-13-36-12-4-5-16-41(36)44)40-15-8-14-37(30-40)38-26-29-46-43(31-38)42-17-6-7-19-45(42)48-46/h1-31H. The topological polar surface area (TPSA) is 3.24 Å². The summed E-state index contributed by atoms with van der Waals surface area (Å²) >= 11 is 1.86. The monoisotopic (exact) mass is 629 g/mol. The minimum atomic E-state index is 1.12. The lowest BCUT2D eigenvalue weighted by atomic mass is 9.99. The maximum atomic E-state index is 2.40. The van der Waals surface area contributed by atoms with Gasteiger partial charge in [0, 0.05) is 36.9 Å². The molecule has 1 heterocycles. The Hall–Kier alpha value is -5.96. The van der Waals surface area contributed by atoms with Gasteiger partial charge in [0.15, 0.2) is 0 Å². The van der Waals surface area contributed by atoms with Crippen LogP contribution in [0.4, 0.5) is 17.1 Å². The molecular formula is C46H31NS. The zero-order valence-corrected chi connectivity index (χ0v) is 27.1. The molecule has 0 bridgehead atoms. The maximum absolute atomic E-state index is 2.40. The van der Waals surface area contributed by atoms with Gasteiger partial charge in [0.25, 0.3) is 0 Å². The SMILES string of the molecule is c1ccc(-c2ccc(-c3ccc(N(c4cccc(-c5ccc6sc7ccccc7c6c5)c4)c4cccc5ccccc45)cc3)cc2)cc1. The minimum absolute atomic E-state index is 1.12. The lowest BCUT2D eigenvalue weighted by Gasteiger charge is -2.27. The van der Waals surface area contributed by atoms with Gasteiger partial charge in [-0.15, -0.1) is 11.3 Å². The molecule has 0 unspecified atom stereocenters. The van der Waals surface area contributed by atoms with Crippen molar-refractivity contribution in [3.63, 3.8) is 0 Å². The van der Waals surface area contributed by atoms with Crippen molar-refractivity contribution in [2.75, 3.05) is 4.90 Å². The van der Waals surface area contributed by atoms with Gasteiger partial charge in [-0.25, -0.2) is 0 Å². The number of hydrogen-bond acceptors (Lipinski definition) is 2. The second-order valence-corrected chi connectivity index (χ2v) is 13.3. The fourth-order valence-electron chi connectivity index (χ4n) is 6.85. The Bertz CT molecular complexity index is 2540. The van der Waals surface area contributed by atoms with E-state index in [4.69, 9.17) is 0 Å². The van der Waals surface area contributed by atoms with Crippen molar-refractivity contribution in [3.8, 4) is 33.4 Å². The number of thiophene rings is 1. The molecule has 0 aliphatic heterocycles. The highest BCUT2D eigenvalue weighted by atomic mass is 32.1. The van der Waals surface area contributed by atoms with E-state index in [0.717, 1.165) is 17.1 Å². The fourth-order valence-corrected chi connectivity index (χ4v) is 7.94. The van der Waals surface area contributed by atoms with Crippen molar-refractivity contribution in [3.05, 3.63) is 188 Å². The lowest BCUT2D eigenvalue weighted by Crippen LogP contribution is -2.10. The minimum Gasteiger partial charge on any atom is -0.310 e. The number of hydrogen-bond donors (Lipinski definition) is 0. The van der Waals surface area contributed by atoms with Crippen molar-refractivity contribution >= 4 is 59.3 Å². The molecule has 1 nitrogen and oxygen atoms in total. The van der Waals surface area contributed by atoms with E-state index >= 15 is 0 Å². The molecule has 0 aliphatic rings. The summed E-state index contributed by atoms with van der Waals surface area (Å²) in [6, 6.07) is 68.2. The van der Waals surface area contributed by atoms with E-state index in [0.29, 0.717) is 0 Å². The first kappa shape index (κ1) is 28.3. The van der Waals surface area contributed by atoms with Crippen LogP contribution in [0.2, 0.25) is 0 Å². The van der Waals surface area contributed by atoms with Gasteiger partial charge in [-0.3, -0.25) is 0 Å². The number of fused-ring (bicyclic) bond motifs is 4. The van der Waals surface area contributed by atoms with Gasteiger partial charge in [-0.05, 0) is 87.3 Å². The second kappa shape index (κ2) is 12.0. The second-order valence-electron chi connectivity index (χ2n) is 12.2. The van der Waals surface area contributed by atoms with Gasteiger partial charge in [0.1, 0.15) is 0 Å². The van der Waals surface area contributed by atoms with E-state index in [1.165, 1.54) is 64.3 Å².